The minimum atomic E-state index is -0.624. The van der Waals surface area contributed by atoms with E-state index >= 15 is 0 Å². The molecule has 3 aliphatic rings. The lowest BCUT2D eigenvalue weighted by Gasteiger charge is -2.36. The van der Waals surface area contributed by atoms with Crippen LogP contribution in [0.2, 0.25) is 0 Å². The molecule has 0 bridgehead atoms. The average Bonchev–Trinajstić information content (AvgIpc) is 3.44. The third-order valence-corrected chi connectivity index (χ3v) is 6.61. The first-order valence-electron chi connectivity index (χ1n) is 10.8. The van der Waals surface area contributed by atoms with Crippen LogP contribution in [0, 0.1) is 5.82 Å². The summed E-state index contributed by atoms with van der Waals surface area (Å²) in [4.78, 5) is 41.1. The summed E-state index contributed by atoms with van der Waals surface area (Å²) in [5.74, 6) is -1.43. The Bertz CT molecular complexity index is 1190. The van der Waals surface area contributed by atoms with Crippen LogP contribution in [0.4, 0.5) is 4.39 Å². The molecule has 2 amide bonds. The number of carbonyl (C=O) groups is 2. The zero-order valence-corrected chi connectivity index (χ0v) is 17.9. The highest BCUT2D eigenvalue weighted by atomic mass is 19.1. The maximum atomic E-state index is 14.6. The van der Waals surface area contributed by atoms with Gasteiger partial charge in [0.1, 0.15) is 11.4 Å². The van der Waals surface area contributed by atoms with Gasteiger partial charge in [0, 0.05) is 24.3 Å². The summed E-state index contributed by atoms with van der Waals surface area (Å²) in [5, 5.41) is 2.68. The molecule has 1 N–H and O–H groups in total. The number of nitrogens with one attached hydrogen (secondary N) is 1. The van der Waals surface area contributed by atoms with Gasteiger partial charge in [-0.3, -0.25) is 14.4 Å². The van der Waals surface area contributed by atoms with E-state index in [9.17, 15) is 18.8 Å². The normalized spacial score (nSPS) is 20.8. The van der Waals surface area contributed by atoms with Crippen molar-refractivity contribution < 1.29 is 23.5 Å². The van der Waals surface area contributed by atoms with E-state index in [1.165, 1.54) is 7.11 Å². The SMILES string of the molecule is CCc1cccc(CNC(=O)c2c3n4c(c(OC)c2=O)C(=O)N2CCOC2C4CC3)c1F. The predicted molar refractivity (Wildman–Crippen MR) is 112 cm³/mol. The van der Waals surface area contributed by atoms with Gasteiger partial charge in [-0.1, -0.05) is 25.1 Å². The van der Waals surface area contributed by atoms with Gasteiger partial charge >= 0.3 is 0 Å². The number of aromatic nitrogens is 1. The molecule has 0 aliphatic carbocycles. The molecule has 168 valence electrons. The van der Waals surface area contributed by atoms with Crippen molar-refractivity contribution in [1.29, 1.82) is 0 Å². The zero-order valence-electron chi connectivity index (χ0n) is 17.9. The fraction of sp³-hybridized carbons (Fsp3) is 0.435. The number of ether oxygens (including phenoxy) is 2. The number of aryl methyl sites for hydroxylation is 1. The lowest BCUT2D eigenvalue weighted by Crippen LogP contribution is -2.48. The summed E-state index contributed by atoms with van der Waals surface area (Å²) >= 11 is 0. The van der Waals surface area contributed by atoms with Crippen LogP contribution >= 0.6 is 0 Å². The minimum absolute atomic E-state index is 0.0523. The van der Waals surface area contributed by atoms with Crippen molar-refractivity contribution in [2.24, 2.45) is 0 Å². The van der Waals surface area contributed by atoms with Crippen LogP contribution in [0.15, 0.2) is 23.0 Å². The Morgan fingerprint density at radius 1 is 1.31 bits per heavy atom. The van der Waals surface area contributed by atoms with Crippen molar-refractivity contribution in [2.75, 3.05) is 20.3 Å². The second-order valence-corrected chi connectivity index (χ2v) is 8.20. The molecule has 1 aromatic heterocycles. The van der Waals surface area contributed by atoms with Crippen molar-refractivity contribution in [1.82, 2.24) is 14.8 Å². The molecular weight excluding hydrogens is 417 g/mol. The number of methoxy groups -OCH3 is 1. The molecule has 1 aromatic carbocycles. The zero-order chi connectivity index (χ0) is 22.6. The second-order valence-electron chi connectivity index (χ2n) is 8.20. The Balaban J connectivity index is 1.55. The third kappa shape index (κ3) is 2.87. The van der Waals surface area contributed by atoms with Crippen LogP contribution in [0.3, 0.4) is 0 Å². The number of pyridine rings is 1. The Hall–Kier alpha value is -3.20. The fourth-order valence-corrected chi connectivity index (χ4v) is 5.10. The highest BCUT2D eigenvalue weighted by molar-refractivity contribution is 6.00. The molecule has 0 radical (unpaired) electrons. The van der Waals surface area contributed by atoms with E-state index < -0.39 is 17.6 Å². The fourth-order valence-electron chi connectivity index (χ4n) is 5.10. The first kappa shape index (κ1) is 20.7. The van der Waals surface area contributed by atoms with Crippen LogP contribution in [0.1, 0.15) is 57.1 Å². The van der Waals surface area contributed by atoms with Crippen molar-refractivity contribution in [3.05, 3.63) is 62.3 Å². The quantitative estimate of drug-likeness (QED) is 0.764. The first-order chi connectivity index (χ1) is 15.5. The maximum Gasteiger partial charge on any atom is 0.276 e. The first-order valence-corrected chi connectivity index (χ1v) is 10.8. The second kappa shape index (κ2) is 7.74. The summed E-state index contributed by atoms with van der Waals surface area (Å²) in [6.45, 7) is 2.69. The molecule has 9 heteroatoms. The molecule has 2 unspecified atom stereocenters. The number of rotatable bonds is 5. The molecular formula is C23H24FN3O5. The van der Waals surface area contributed by atoms with Gasteiger partial charge in [0.25, 0.3) is 11.8 Å². The lowest BCUT2D eigenvalue weighted by atomic mass is 10.1. The summed E-state index contributed by atoms with van der Waals surface area (Å²) < 4.78 is 27.5. The number of halogens is 1. The lowest BCUT2D eigenvalue weighted by molar-refractivity contribution is -0.0124. The molecule has 2 atom stereocenters. The number of amides is 2. The molecule has 4 heterocycles. The largest absolute Gasteiger partial charge is 0.491 e. The highest BCUT2D eigenvalue weighted by Gasteiger charge is 2.49. The smallest absolute Gasteiger partial charge is 0.276 e. The topological polar surface area (TPSA) is 89.9 Å². The van der Waals surface area contributed by atoms with Gasteiger partial charge < -0.3 is 24.3 Å². The van der Waals surface area contributed by atoms with Crippen LogP contribution < -0.4 is 15.5 Å². The summed E-state index contributed by atoms with van der Waals surface area (Å²) in [5.41, 5.74) is 0.908. The Morgan fingerprint density at radius 2 is 2.09 bits per heavy atom. The number of fused-ring (bicyclic) bond motifs is 2. The van der Waals surface area contributed by atoms with Gasteiger partial charge in [-0.2, -0.15) is 0 Å². The van der Waals surface area contributed by atoms with Gasteiger partial charge in [0.2, 0.25) is 5.43 Å². The number of carbonyl (C=O) groups excluding carboxylic acids is 2. The van der Waals surface area contributed by atoms with Crippen LogP contribution in [0.5, 0.6) is 5.75 Å². The molecule has 1 saturated heterocycles. The van der Waals surface area contributed by atoms with E-state index in [-0.39, 0.29) is 41.3 Å². The number of hydrogen-bond donors (Lipinski definition) is 1. The van der Waals surface area contributed by atoms with Gasteiger partial charge in [-0.25, -0.2) is 4.39 Å². The van der Waals surface area contributed by atoms with Gasteiger partial charge in [-0.15, -0.1) is 0 Å². The molecule has 32 heavy (non-hydrogen) atoms. The van der Waals surface area contributed by atoms with Crippen molar-refractivity contribution in [2.45, 2.75) is 45.0 Å². The standard InChI is InChI=1S/C23H24FN3O5/c1-3-12-5-4-6-13(17(12)24)11-25-21(29)16-14-7-8-15-23-26(9-10-32-23)22(30)18(27(14)15)20(31-2)19(16)28/h4-6,15,23H,3,7-11H2,1-2H3,(H,25,29). The summed E-state index contributed by atoms with van der Waals surface area (Å²) in [7, 11) is 1.32. The summed E-state index contributed by atoms with van der Waals surface area (Å²) in [6, 6.07) is 4.87. The monoisotopic (exact) mass is 441 g/mol. The van der Waals surface area contributed by atoms with E-state index in [4.69, 9.17) is 9.47 Å². The van der Waals surface area contributed by atoms with Crippen molar-refractivity contribution in [3.8, 4) is 5.75 Å². The van der Waals surface area contributed by atoms with Gasteiger partial charge in [0.15, 0.2) is 17.7 Å². The summed E-state index contributed by atoms with van der Waals surface area (Å²) in [6.07, 6.45) is 1.23. The average molecular weight is 441 g/mol. The third-order valence-electron chi connectivity index (χ3n) is 6.61. The maximum absolute atomic E-state index is 14.6. The van der Waals surface area contributed by atoms with E-state index in [0.717, 1.165) is 0 Å². The minimum Gasteiger partial charge on any atom is -0.491 e. The number of nitrogens with zero attached hydrogens (tertiary/aromatic N) is 2. The predicted octanol–water partition coefficient (Wildman–Crippen LogP) is 1.79. The van der Waals surface area contributed by atoms with E-state index in [2.05, 4.69) is 5.32 Å². The number of benzene rings is 1. The van der Waals surface area contributed by atoms with E-state index in [1.807, 2.05) is 6.92 Å². The molecule has 2 aromatic rings. The van der Waals surface area contributed by atoms with Crippen LogP contribution in [-0.4, -0.2) is 47.8 Å². The van der Waals surface area contributed by atoms with Crippen LogP contribution in [-0.2, 0) is 24.1 Å². The van der Waals surface area contributed by atoms with Crippen molar-refractivity contribution >= 4 is 11.8 Å². The molecule has 0 saturated carbocycles. The Morgan fingerprint density at radius 3 is 2.84 bits per heavy atom. The van der Waals surface area contributed by atoms with Gasteiger partial charge in [0.05, 0.1) is 19.8 Å². The molecule has 0 spiro atoms. The van der Waals surface area contributed by atoms with E-state index in [0.29, 0.717) is 49.2 Å². The molecule has 8 nitrogen and oxygen atoms in total. The Labute approximate surface area is 183 Å². The Kier molecular flexibility index (Phi) is 5.00. The highest BCUT2D eigenvalue weighted by Crippen LogP contribution is 2.42. The van der Waals surface area contributed by atoms with Crippen molar-refractivity contribution in [3.63, 3.8) is 0 Å². The number of hydrogen-bond acceptors (Lipinski definition) is 5. The van der Waals surface area contributed by atoms with E-state index in [1.54, 1.807) is 27.7 Å². The van der Waals surface area contributed by atoms with Crippen LogP contribution in [0.25, 0.3) is 0 Å². The molecule has 3 aliphatic heterocycles. The molecule has 5 rings (SSSR count). The van der Waals surface area contributed by atoms with Gasteiger partial charge in [-0.05, 0) is 24.8 Å². The molecule has 1 fully saturated rings.